The van der Waals surface area contributed by atoms with Gasteiger partial charge in [-0.25, -0.2) is 8.42 Å². The van der Waals surface area contributed by atoms with Gasteiger partial charge in [0.2, 0.25) is 10.0 Å². The fourth-order valence-electron chi connectivity index (χ4n) is 1.75. The molecule has 1 aromatic carbocycles. The summed E-state index contributed by atoms with van der Waals surface area (Å²) in [5.41, 5.74) is 0. The summed E-state index contributed by atoms with van der Waals surface area (Å²) >= 11 is 16.3. The van der Waals surface area contributed by atoms with E-state index in [9.17, 15) is 13.2 Å². The molecular weight excluding hydrogens is 413 g/mol. The Morgan fingerprint density at radius 1 is 1.40 bits per heavy atom. The van der Waals surface area contributed by atoms with E-state index in [0.717, 1.165) is 4.31 Å². The second-order valence-electron chi connectivity index (χ2n) is 3.94. The van der Waals surface area contributed by atoms with Crippen LogP contribution >= 0.6 is 50.9 Å². The lowest BCUT2D eigenvalue weighted by Gasteiger charge is -2.21. The predicted molar refractivity (Wildman–Crippen MR) is 81.9 cm³/mol. The van der Waals surface area contributed by atoms with E-state index in [2.05, 4.69) is 15.9 Å². The third-order valence-corrected chi connectivity index (χ3v) is 7.07. The van der Waals surface area contributed by atoms with E-state index in [-0.39, 0.29) is 26.6 Å². The van der Waals surface area contributed by atoms with Crippen molar-refractivity contribution in [2.45, 2.75) is 10.9 Å². The second-order valence-corrected chi connectivity index (χ2v) is 8.50. The fourth-order valence-corrected chi connectivity index (χ4v) is 6.77. The first-order valence-corrected chi connectivity index (χ1v) is 9.36. The van der Waals surface area contributed by atoms with Gasteiger partial charge in [-0.2, -0.15) is 4.31 Å². The molecule has 1 aliphatic rings. The number of carbonyl (C=O) groups is 1. The Balaban J connectivity index is 2.54. The van der Waals surface area contributed by atoms with Crippen LogP contribution in [0.25, 0.3) is 0 Å². The Bertz CT molecular complexity index is 644. The van der Waals surface area contributed by atoms with E-state index in [1.54, 1.807) is 0 Å². The molecule has 0 bridgehead atoms. The Kier molecular flexibility index (Phi) is 4.93. The minimum Gasteiger partial charge on any atom is -0.480 e. The van der Waals surface area contributed by atoms with Crippen molar-refractivity contribution in [2.24, 2.45) is 0 Å². The second kappa shape index (κ2) is 6.02. The third kappa shape index (κ3) is 2.95. The monoisotopic (exact) mass is 419 g/mol. The van der Waals surface area contributed by atoms with Crippen molar-refractivity contribution < 1.29 is 18.3 Å². The molecule has 1 aromatic rings. The zero-order chi connectivity index (χ0) is 15.1. The van der Waals surface area contributed by atoms with Crippen molar-refractivity contribution in [3.05, 3.63) is 26.7 Å². The molecule has 0 aromatic heterocycles. The van der Waals surface area contributed by atoms with E-state index < -0.39 is 22.0 Å². The van der Waals surface area contributed by atoms with Crippen LogP contribution in [0.5, 0.6) is 0 Å². The molecule has 0 radical (unpaired) electrons. The maximum Gasteiger partial charge on any atom is 0.322 e. The molecule has 0 saturated carbocycles. The number of nitrogens with zero attached hydrogens (tertiary/aromatic N) is 1. The van der Waals surface area contributed by atoms with Crippen molar-refractivity contribution in [1.82, 2.24) is 4.31 Å². The number of thioether (sulfide) groups is 1. The van der Waals surface area contributed by atoms with Crippen LogP contribution in [0, 0.1) is 0 Å². The van der Waals surface area contributed by atoms with Crippen LogP contribution in [0.1, 0.15) is 0 Å². The molecule has 10 heteroatoms. The van der Waals surface area contributed by atoms with Gasteiger partial charge in [-0.05, 0) is 12.1 Å². The van der Waals surface area contributed by atoms with Gasteiger partial charge in [-0.1, -0.05) is 39.1 Å². The lowest BCUT2D eigenvalue weighted by Crippen LogP contribution is -2.41. The molecule has 5 nitrogen and oxygen atoms in total. The minimum atomic E-state index is -4.06. The summed E-state index contributed by atoms with van der Waals surface area (Å²) in [6, 6.07) is 1.69. The largest absolute Gasteiger partial charge is 0.480 e. The van der Waals surface area contributed by atoms with Crippen LogP contribution in [-0.2, 0) is 14.8 Å². The zero-order valence-electron chi connectivity index (χ0n) is 9.72. The van der Waals surface area contributed by atoms with Gasteiger partial charge >= 0.3 is 5.97 Å². The maximum atomic E-state index is 12.6. The molecule has 0 amide bonds. The first-order valence-electron chi connectivity index (χ1n) is 5.22. The Labute approximate surface area is 138 Å². The number of carboxylic acids is 1. The summed E-state index contributed by atoms with van der Waals surface area (Å²) in [5.74, 6) is -0.939. The van der Waals surface area contributed by atoms with Crippen molar-refractivity contribution in [3.8, 4) is 0 Å². The number of rotatable bonds is 3. The summed E-state index contributed by atoms with van der Waals surface area (Å²) in [6.45, 7) is 0. The number of aliphatic carboxylic acids is 1. The number of halogens is 3. The minimum absolute atomic E-state index is 0.0505. The maximum absolute atomic E-state index is 12.6. The highest BCUT2D eigenvalue weighted by molar-refractivity contribution is 9.10. The van der Waals surface area contributed by atoms with E-state index in [1.807, 2.05) is 0 Å². The van der Waals surface area contributed by atoms with Gasteiger partial charge in [0.15, 0.2) is 0 Å². The van der Waals surface area contributed by atoms with Crippen LogP contribution < -0.4 is 0 Å². The van der Waals surface area contributed by atoms with Gasteiger partial charge in [0.05, 0.1) is 15.9 Å². The van der Waals surface area contributed by atoms with Crippen molar-refractivity contribution in [2.75, 3.05) is 11.6 Å². The summed E-state index contributed by atoms with van der Waals surface area (Å²) in [6.07, 6.45) is 0. The van der Waals surface area contributed by atoms with Crippen molar-refractivity contribution >= 4 is 66.9 Å². The molecule has 1 aliphatic heterocycles. The number of carboxylic acid groups (broad SMARTS) is 1. The first-order chi connectivity index (χ1) is 9.25. The lowest BCUT2D eigenvalue weighted by atomic mass is 10.3. The molecule has 0 spiro atoms. The van der Waals surface area contributed by atoms with Crippen LogP contribution in [0.4, 0.5) is 0 Å². The summed E-state index contributed by atoms with van der Waals surface area (Å²) in [4.78, 5) is 10.9. The van der Waals surface area contributed by atoms with Gasteiger partial charge in [0.1, 0.15) is 10.9 Å². The van der Waals surface area contributed by atoms with Crippen LogP contribution in [-0.4, -0.2) is 41.5 Å². The predicted octanol–water partition coefficient (Wildman–Crippen LogP) is 2.90. The Morgan fingerprint density at radius 3 is 2.45 bits per heavy atom. The zero-order valence-corrected chi connectivity index (χ0v) is 14.4. The molecule has 110 valence electrons. The molecule has 0 aliphatic carbocycles. The quantitative estimate of drug-likeness (QED) is 0.813. The molecule has 1 N–H and O–H groups in total. The molecule has 2 rings (SSSR count). The molecule has 1 atom stereocenters. The van der Waals surface area contributed by atoms with Crippen LogP contribution in [0.3, 0.4) is 0 Å². The normalized spacial score (nSPS) is 20.2. The summed E-state index contributed by atoms with van der Waals surface area (Å²) < 4.78 is 26.6. The summed E-state index contributed by atoms with van der Waals surface area (Å²) in [5, 5.41) is 8.98. The highest BCUT2D eigenvalue weighted by Gasteiger charge is 2.41. The lowest BCUT2D eigenvalue weighted by molar-refractivity contribution is -0.140. The van der Waals surface area contributed by atoms with Crippen molar-refractivity contribution in [3.63, 3.8) is 0 Å². The number of benzene rings is 1. The van der Waals surface area contributed by atoms with Crippen LogP contribution in [0.15, 0.2) is 21.5 Å². The van der Waals surface area contributed by atoms with Gasteiger partial charge in [0.25, 0.3) is 0 Å². The van der Waals surface area contributed by atoms with E-state index in [4.69, 9.17) is 28.3 Å². The molecule has 1 heterocycles. The number of hydrogen-bond acceptors (Lipinski definition) is 4. The van der Waals surface area contributed by atoms with Crippen LogP contribution in [0.2, 0.25) is 10.0 Å². The van der Waals surface area contributed by atoms with E-state index in [1.165, 1.54) is 23.9 Å². The Hall–Kier alpha value is 0.01000. The number of hydrogen-bond donors (Lipinski definition) is 1. The molecular formula is C10H8BrCl2NO4S2. The standard InChI is InChI=1S/C10H8BrCl2NO4S2/c11-5-1-6(12)9(7(13)2-5)20(17,18)14-4-19-3-8(14)10(15)16/h1-2,8H,3-4H2,(H,15,16). The Morgan fingerprint density at radius 2 is 1.95 bits per heavy atom. The van der Waals surface area contributed by atoms with E-state index in [0.29, 0.717) is 4.47 Å². The molecule has 1 saturated heterocycles. The van der Waals surface area contributed by atoms with Crippen molar-refractivity contribution in [1.29, 1.82) is 0 Å². The SMILES string of the molecule is O=C(O)C1CSCN1S(=O)(=O)c1c(Cl)cc(Br)cc1Cl. The first kappa shape index (κ1) is 16.4. The average Bonchev–Trinajstić information content (AvgIpc) is 2.75. The summed E-state index contributed by atoms with van der Waals surface area (Å²) in [7, 11) is -4.06. The number of sulfonamides is 1. The van der Waals surface area contributed by atoms with Gasteiger partial charge in [-0.3, -0.25) is 4.79 Å². The molecule has 20 heavy (non-hydrogen) atoms. The van der Waals surface area contributed by atoms with E-state index >= 15 is 0 Å². The molecule has 1 unspecified atom stereocenters. The third-order valence-electron chi connectivity index (χ3n) is 2.66. The smallest absolute Gasteiger partial charge is 0.322 e. The van der Waals surface area contributed by atoms with Gasteiger partial charge in [-0.15, -0.1) is 11.8 Å². The average molecular weight is 421 g/mol. The van der Waals surface area contributed by atoms with Gasteiger partial charge < -0.3 is 5.11 Å². The molecule has 1 fully saturated rings. The van der Waals surface area contributed by atoms with Gasteiger partial charge in [0, 0.05) is 10.2 Å². The highest BCUT2D eigenvalue weighted by atomic mass is 79.9. The highest BCUT2D eigenvalue weighted by Crippen LogP contribution is 2.37. The fraction of sp³-hybridized carbons (Fsp3) is 0.300. The topological polar surface area (TPSA) is 74.7 Å².